The van der Waals surface area contributed by atoms with Crippen LogP contribution in [-0.4, -0.2) is 10.9 Å². The number of carbonyl (C=O) groups excluding carboxylic acids is 1. The number of hydrazine groups is 1. The van der Waals surface area contributed by atoms with Gasteiger partial charge in [0.05, 0.1) is 9.72 Å². The summed E-state index contributed by atoms with van der Waals surface area (Å²) < 4.78 is 0.847. The molecule has 0 aliphatic carbocycles. The van der Waals surface area contributed by atoms with Crippen molar-refractivity contribution >= 4 is 49.9 Å². The van der Waals surface area contributed by atoms with E-state index in [-0.39, 0.29) is 5.91 Å². The maximum atomic E-state index is 12.2. The van der Waals surface area contributed by atoms with Crippen molar-refractivity contribution in [3.8, 4) is 0 Å². The average Bonchev–Trinajstić information content (AvgIpc) is 2.91. The summed E-state index contributed by atoms with van der Waals surface area (Å²) in [6.07, 6.45) is 0. The summed E-state index contributed by atoms with van der Waals surface area (Å²) in [6.45, 7) is 1.97. The Kier molecular flexibility index (Phi) is 3.98. The Hall–Kier alpha value is -2.15. The van der Waals surface area contributed by atoms with Gasteiger partial charge in [-0.2, -0.15) is 0 Å². The number of benzene rings is 2. The normalized spacial score (nSPS) is 10.7. The van der Waals surface area contributed by atoms with Gasteiger partial charge in [0.1, 0.15) is 5.52 Å². The second-order valence-electron chi connectivity index (χ2n) is 4.79. The Morgan fingerprint density at radius 2 is 2.00 bits per heavy atom. The molecule has 0 saturated heterocycles. The molecule has 2 aromatic carbocycles. The molecule has 1 heterocycles. The second kappa shape index (κ2) is 5.92. The van der Waals surface area contributed by atoms with E-state index >= 15 is 0 Å². The number of nitrogens with two attached hydrogens (primary N) is 1. The first-order chi connectivity index (χ1) is 10.6. The van der Waals surface area contributed by atoms with Crippen LogP contribution in [0.1, 0.15) is 15.9 Å². The fourth-order valence-electron chi connectivity index (χ4n) is 2.03. The molecule has 22 heavy (non-hydrogen) atoms. The summed E-state index contributed by atoms with van der Waals surface area (Å²) >= 11 is 7.57. The number of aryl methyl sites for hydroxylation is 1. The molecule has 0 radical (unpaired) electrons. The number of thiazole rings is 1. The van der Waals surface area contributed by atoms with Gasteiger partial charge in [-0.05, 0) is 31.2 Å². The number of nitrogens with one attached hydrogen (secondary N) is 2. The lowest BCUT2D eigenvalue weighted by molar-refractivity contribution is 0.102. The molecule has 7 heteroatoms. The molecule has 0 saturated carbocycles. The van der Waals surface area contributed by atoms with E-state index in [1.165, 1.54) is 11.3 Å². The second-order valence-corrected chi connectivity index (χ2v) is 6.23. The lowest BCUT2D eigenvalue weighted by atomic mass is 10.1. The van der Waals surface area contributed by atoms with E-state index in [1.54, 1.807) is 18.2 Å². The summed E-state index contributed by atoms with van der Waals surface area (Å²) in [5.74, 6) is 5.17. The van der Waals surface area contributed by atoms with Crippen LogP contribution in [0.25, 0.3) is 10.2 Å². The van der Waals surface area contributed by atoms with Crippen molar-refractivity contribution in [1.29, 1.82) is 0 Å². The standard InChI is InChI=1S/C15H13ClN4OS/c1-8-2-4-9(5-3-8)14(21)18-10-6-11(16)13-12(7-10)22-15(19-13)20-17/h2-7H,17H2,1H3,(H,18,21)(H,19,20). The summed E-state index contributed by atoms with van der Waals surface area (Å²) in [6, 6.07) is 10.9. The van der Waals surface area contributed by atoms with Crippen LogP contribution in [0.5, 0.6) is 0 Å². The van der Waals surface area contributed by atoms with Gasteiger partial charge in [0.25, 0.3) is 5.91 Å². The van der Waals surface area contributed by atoms with E-state index in [2.05, 4.69) is 15.7 Å². The highest BCUT2D eigenvalue weighted by atomic mass is 35.5. The predicted octanol–water partition coefficient (Wildman–Crippen LogP) is 3.80. The SMILES string of the molecule is Cc1ccc(C(=O)Nc2cc(Cl)c3nc(NN)sc3c2)cc1. The molecule has 0 aliphatic heterocycles. The number of rotatable bonds is 3. The van der Waals surface area contributed by atoms with Gasteiger partial charge in [0.15, 0.2) is 5.13 Å². The minimum absolute atomic E-state index is 0.183. The molecular weight excluding hydrogens is 320 g/mol. The largest absolute Gasteiger partial charge is 0.322 e. The highest BCUT2D eigenvalue weighted by Gasteiger charge is 2.11. The Bertz CT molecular complexity index is 845. The lowest BCUT2D eigenvalue weighted by Crippen LogP contribution is -2.11. The van der Waals surface area contributed by atoms with Crippen LogP contribution >= 0.6 is 22.9 Å². The summed E-state index contributed by atoms with van der Waals surface area (Å²) in [5, 5.41) is 3.88. The van der Waals surface area contributed by atoms with Gasteiger partial charge in [-0.15, -0.1) is 0 Å². The molecule has 112 valence electrons. The van der Waals surface area contributed by atoms with E-state index in [0.29, 0.717) is 26.9 Å². The number of anilines is 2. The number of fused-ring (bicyclic) bond motifs is 1. The number of carbonyl (C=O) groups is 1. The molecule has 0 bridgehead atoms. The number of hydrogen-bond donors (Lipinski definition) is 3. The Morgan fingerprint density at radius 3 is 2.68 bits per heavy atom. The van der Waals surface area contributed by atoms with Gasteiger partial charge in [0.2, 0.25) is 0 Å². The van der Waals surface area contributed by atoms with Crippen molar-refractivity contribution < 1.29 is 4.79 Å². The maximum absolute atomic E-state index is 12.2. The zero-order valence-electron chi connectivity index (χ0n) is 11.7. The van der Waals surface area contributed by atoms with Gasteiger partial charge in [-0.3, -0.25) is 10.2 Å². The van der Waals surface area contributed by atoms with Gasteiger partial charge < -0.3 is 5.32 Å². The maximum Gasteiger partial charge on any atom is 0.255 e. The molecular formula is C15H13ClN4OS. The smallest absolute Gasteiger partial charge is 0.255 e. The minimum atomic E-state index is -0.183. The fourth-order valence-corrected chi connectivity index (χ4v) is 3.19. The Balaban J connectivity index is 1.90. The average molecular weight is 333 g/mol. The van der Waals surface area contributed by atoms with Crippen LogP contribution in [0.4, 0.5) is 10.8 Å². The van der Waals surface area contributed by atoms with Crippen molar-refractivity contribution in [3.05, 3.63) is 52.5 Å². The van der Waals surface area contributed by atoms with Gasteiger partial charge in [-0.25, -0.2) is 10.8 Å². The summed E-state index contributed by atoms with van der Waals surface area (Å²) in [5.41, 5.74) is 5.47. The molecule has 0 atom stereocenters. The van der Waals surface area contributed by atoms with E-state index in [0.717, 1.165) is 10.3 Å². The molecule has 0 fully saturated rings. The van der Waals surface area contributed by atoms with Crippen LogP contribution in [0.2, 0.25) is 5.02 Å². The molecule has 1 amide bonds. The highest BCUT2D eigenvalue weighted by molar-refractivity contribution is 7.22. The molecule has 1 aromatic heterocycles. The lowest BCUT2D eigenvalue weighted by Gasteiger charge is -2.06. The fraction of sp³-hybridized carbons (Fsp3) is 0.0667. The number of halogens is 1. The predicted molar refractivity (Wildman–Crippen MR) is 91.6 cm³/mol. The molecule has 0 unspecified atom stereocenters. The Morgan fingerprint density at radius 1 is 1.27 bits per heavy atom. The van der Waals surface area contributed by atoms with Gasteiger partial charge in [-0.1, -0.05) is 40.6 Å². The van der Waals surface area contributed by atoms with E-state index in [4.69, 9.17) is 17.4 Å². The zero-order valence-corrected chi connectivity index (χ0v) is 13.3. The van der Waals surface area contributed by atoms with Crippen LogP contribution < -0.4 is 16.6 Å². The first-order valence-electron chi connectivity index (χ1n) is 6.51. The van der Waals surface area contributed by atoms with Crippen LogP contribution in [0, 0.1) is 6.92 Å². The van der Waals surface area contributed by atoms with Gasteiger partial charge >= 0.3 is 0 Å². The van der Waals surface area contributed by atoms with Crippen molar-refractivity contribution in [3.63, 3.8) is 0 Å². The molecule has 0 aliphatic rings. The first kappa shape index (κ1) is 14.8. The minimum Gasteiger partial charge on any atom is -0.322 e. The van der Waals surface area contributed by atoms with Crippen molar-refractivity contribution in [1.82, 2.24) is 4.98 Å². The summed E-state index contributed by atoms with van der Waals surface area (Å²) in [7, 11) is 0. The first-order valence-corrected chi connectivity index (χ1v) is 7.71. The highest BCUT2D eigenvalue weighted by Crippen LogP contribution is 2.33. The number of hydrogen-bond acceptors (Lipinski definition) is 5. The zero-order chi connectivity index (χ0) is 15.7. The van der Waals surface area contributed by atoms with Gasteiger partial charge in [0, 0.05) is 11.3 Å². The quantitative estimate of drug-likeness (QED) is 0.503. The van der Waals surface area contributed by atoms with Crippen molar-refractivity contribution in [2.75, 3.05) is 10.7 Å². The molecule has 0 spiro atoms. The summed E-state index contributed by atoms with van der Waals surface area (Å²) in [4.78, 5) is 16.5. The van der Waals surface area contributed by atoms with Crippen molar-refractivity contribution in [2.45, 2.75) is 6.92 Å². The van der Waals surface area contributed by atoms with E-state index < -0.39 is 0 Å². The number of amides is 1. The van der Waals surface area contributed by atoms with E-state index in [1.807, 2.05) is 25.1 Å². The van der Waals surface area contributed by atoms with E-state index in [9.17, 15) is 4.79 Å². The molecule has 3 rings (SSSR count). The third-order valence-electron chi connectivity index (χ3n) is 3.14. The number of aromatic nitrogens is 1. The number of nitrogens with zero attached hydrogens (tertiary/aromatic N) is 1. The molecule has 3 aromatic rings. The third-order valence-corrected chi connectivity index (χ3v) is 4.37. The number of nitrogen functional groups attached to an aromatic ring is 1. The van der Waals surface area contributed by atoms with Crippen LogP contribution in [-0.2, 0) is 0 Å². The van der Waals surface area contributed by atoms with Crippen LogP contribution in [0.15, 0.2) is 36.4 Å². The monoisotopic (exact) mass is 332 g/mol. The molecule has 5 nitrogen and oxygen atoms in total. The Labute approximate surface area is 136 Å². The van der Waals surface area contributed by atoms with Crippen molar-refractivity contribution in [2.24, 2.45) is 5.84 Å². The molecule has 4 N–H and O–H groups in total. The third kappa shape index (κ3) is 2.89. The van der Waals surface area contributed by atoms with Crippen LogP contribution in [0.3, 0.4) is 0 Å². The topological polar surface area (TPSA) is 80.0 Å².